The molecule has 1 N–H and O–H groups in total. The van der Waals surface area contributed by atoms with Crippen LogP contribution in [0.15, 0.2) is 18.2 Å². The number of fused-ring (bicyclic) bond motifs is 1. The second-order valence-corrected chi connectivity index (χ2v) is 6.04. The summed E-state index contributed by atoms with van der Waals surface area (Å²) in [5, 5.41) is 3.46. The molecule has 0 aliphatic carbocycles. The average molecular weight is 259 g/mol. The third-order valence-electron chi connectivity index (χ3n) is 3.34. The third kappa shape index (κ3) is 3.35. The van der Waals surface area contributed by atoms with Crippen LogP contribution in [0.1, 0.15) is 39.1 Å². The van der Waals surface area contributed by atoms with Gasteiger partial charge in [0.2, 0.25) is 0 Å². The number of hydrogen-bond acceptors (Lipinski definition) is 2. The summed E-state index contributed by atoms with van der Waals surface area (Å²) in [4.78, 5) is 4.73. The predicted molar refractivity (Wildman–Crippen MR) is 81.2 cm³/mol. The number of aromatic nitrogens is 2. The Kier molecular flexibility index (Phi) is 4.25. The molecule has 0 radical (unpaired) electrons. The van der Waals surface area contributed by atoms with Crippen LogP contribution in [0.25, 0.3) is 11.0 Å². The van der Waals surface area contributed by atoms with E-state index in [1.165, 1.54) is 16.9 Å². The molecule has 1 aromatic carbocycles. The second-order valence-electron chi connectivity index (χ2n) is 6.04. The van der Waals surface area contributed by atoms with Gasteiger partial charge in [-0.05, 0) is 23.6 Å². The van der Waals surface area contributed by atoms with Crippen molar-refractivity contribution in [3.63, 3.8) is 0 Å². The summed E-state index contributed by atoms with van der Waals surface area (Å²) in [7, 11) is 2.12. The summed E-state index contributed by atoms with van der Waals surface area (Å²) in [5.74, 6) is 1.82. The molecule has 0 aliphatic heterocycles. The summed E-state index contributed by atoms with van der Waals surface area (Å²) in [5.41, 5.74) is 3.66. The summed E-state index contributed by atoms with van der Waals surface area (Å²) in [6, 6.07) is 7.07. The molecule has 104 valence electrons. The average Bonchev–Trinajstić information content (AvgIpc) is 2.63. The lowest BCUT2D eigenvalue weighted by molar-refractivity contribution is 0.589. The first-order chi connectivity index (χ1) is 8.97. The Labute approximate surface area is 116 Å². The van der Waals surface area contributed by atoms with E-state index in [4.69, 9.17) is 4.98 Å². The fraction of sp³-hybridized carbons (Fsp3) is 0.562. The van der Waals surface area contributed by atoms with Gasteiger partial charge in [-0.3, -0.25) is 0 Å². The smallest absolute Gasteiger partial charge is 0.109 e. The van der Waals surface area contributed by atoms with E-state index in [2.05, 4.69) is 62.8 Å². The number of imidazole rings is 1. The van der Waals surface area contributed by atoms with Gasteiger partial charge in [-0.1, -0.05) is 33.8 Å². The van der Waals surface area contributed by atoms with Crippen LogP contribution in [0.3, 0.4) is 0 Å². The Morgan fingerprint density at radius 3 is 2.58 bits per heavy atom. The van der Waals surface area contributed by atoms with Gasteiger partial charge < -0.3 is 9.88 Å². The van der Waals surface area contributed by atoms with E-state index < -0.39 is 0 Å². The molecule has 0 bridgehead atoms. The highest BCUT2D eigenvalue weighted by Gasteiger charge is 2.09. The largest absolute Gasteiger partial charge is 0.331 e. The van der Waals surface area contributed by atoms with Crippen LogP contribution in [0.2, 0.25) is 0 Å². The Balaban J connectivity index is 2.29. The maximum Gasteiger partial charge on any atom is 0.109 e. The minimum absolute atomic E-state index is 0.513. The minimum atomic E-state index is 0.513. The molecule has 0 fully saturated rings. The molecule has 0 aliphatic rings. The van der Waals surface area contributed by atoms with Gasteiger partial charge in [0, 0.05) is 26.1 Å². The predicted octanol–water partition coefficient (Wildman–Crippen LogP) is 3.27. The molecular formula is C16H25N3. The normalized spacial score (nSPS) is 11.9. The van der Waals surface area contributed by atoms with Crippen molar-refractivity contribution < 1.29 is 0 Å². The van der Waals surface area contributed by atoms with Crippen molar-refractivity contribution in [1.29, 1.82) is 0 Å². The molecular weight excluding hydrogens is 234 g/mol. The zero-order valence-electron chi connectivity index (χ0n) is 12.7. The number of hydrogen-bond donors (Lipinski definition) is 1. The Hall–Kier alpha value is -1.35. The molecule has 0 saturated heterocycles. The van der Waals surface area contributed by atoms with Crippen molar-refractivity contribution in [2.45, 2.75) is 46.7 Å². The maximum atomic E-state index is 4.73. The molecule has 0 saturated carbocycles. The molecule has 19 heavy (non-hydrogen) atoms. The van der Waals surface area contributed by atoms with Gasteiger partial charge in [0.15, 0.2) is 0 Å². The van der Waals surface area contributed by atoms with E-state index in [0.717, 1.165) is 18.5 Å². The standard InChI is InChI=1S/C16H25N3/c1-11(2)8-16-18-14-7-6-13(10-17-12(3)4)9-15(14)19(16)5/h6-7,9,11-12,17H,8,10H2,1-5H3. The zero-order valence-corrected chi connectivity index (χ0v) is 12.7. The maximum absolute atomic E-state index is 4.73. The summed E-state index contributed by atoms with van der Waals surface area (Å²) in [6.07, 6.45) is 1.03. The number of benzene rings is 1. The number of aryl methyl sites for hydroxylation is 1. The molecule has 1 aromatic heterocycles. The van der Waals surface area contributed by atoms with Gasteiger partial charge in [0.1, 0.15) is 5.82 Å². The number of nitrogens with zero attached hydrogens (tertiary/aromatic N) is 2. The Bertz CT molecular complexity index is 552. The lowest BCUT2D eigenvalue weighted by atomic mass is 10.1. The van der Waals surface area contributed by atoms with E-state index in [0.29, 0.717) is 12.0 Å². The van der Waals surface area contributed by atoms with E-state index >= 15 is 0 Å². The fourth-order valence-corrected chi connectivity index (χ4v) is 2.26. The van der Waals surface area contributed by atoms with Gasteiger partial charge in [-0.15, -0.1) is 0 Å². The highest BCUT2D eigenvalue weighted by Crippen LogP contribution is 2.18. The van der Waals surface area contributed by atoms with E-state index in [1.807, 2.05) is 0 Å². The van der Waals surface area contributed by atoms with Crippen molar-refractivity contribution in [3.8, 4) is 0 Å². The molecule has 0 atom stereocenters. The monoisotopic (exact) mass is 259 g/mol. The highest BCUT2D eigenvalue weighted by molar-refractivity contribution is 5.76. The molecule has 0 unspecified atom stereocenters. The molecule has 0 spiro atoms. The lowest BCUT2D eigenvalue weighted by Gasteiger charge is -2.08. The molecule has 3 heteroatoms. The first-order valence-electron chi connectivity index (χ1n) is 7.15. The van der Waals surface area contributed by atoms with Crippen LogP contribution >= 0.6 is 0 Å². The summed E-state index contributed by atoms with van der Waals surface area (Å²) in [6.45, 7) is 9.72. The minimum Gasteiger partial charge on any atom is -0.331 e. The molecule has 0 amide bonds. The lowest BCUT2D eigenvalue weighted by Crippen LogP contribution is -2.21. The van der Waals surface area contributed by atoms with Crippen molar-refractivity contribution in [1.82, 2.24) is 14.9 Å². The zero-order chi connectivity index (χ0) is 14.0. The highest BCUT2D eigenvalue weighted by atomic mass is 15.1. The van der Waals surface area contributed by atoms with Crippen molar-refractivity contribution in [2.24, 2.45) is 13.0 Å². The summed E-state index contributed by atoms with van der Waals surface area (Å²) < 4.78 is 2.23. The van der Waals surface area contributed by atoms with Crippen molar-refractivity contribution >= 4 is 11.0 Å². The van der Waals surface area contributed by atoms with Gasteiger partial charge in [0.05, 0.1) is 11.0 Å². The Morgan fingerprint density at radius 2 is 1.95 bits per heavy atom. The van der Waals surface area contributed by atoms with Crippen LogP contribution in [0, 0.1) is 5.92 Å². The molecule has 2 rings (SSSR count). The second kappa shape index (κ2) is 5.74. The van der Waals surface area contributed by atoms with Crippen molar-refractivity contribution in [2.75, 3.05) is 0 Å². The number of rotatable bonds is 5. The molecule has 2 aromatic rings. The van der Waals surface area contributed by atoms with Crippen LogP contribution < -0.4 is 5.32 Å². The SMILES string of the molecule is CC(C)Cc1nc2ccc(CNC(C)C)cc2n1C. The molecule has 3 nitrogen and oxygen atoms in total. The third-order valence-corrected chi connectivity index (χ3v) is 3.34. The van der Waals surface area contributed by atoms with Gasteiger partial charge in [-0.2, -0.15) is 0 Å². The van der Waals surface area contributed by atoms with E-state index in [-0.39, 0.29) is 0 Å². The van der Waals surface area contributed by atoms with Crippen LogP contribution in [0.4, 0.5) is 0 Å². The first kappa shape index (κ1) is 14.1. The number of nitrogens with one attached hydrogen (secondary N) is 1. The van der Waals surface area contributed by atoms with Gasteiger partial charge in [-0.25, -0.2) is 4.98 Å². The van der Waals surface area contributed by atoms with Crippen LogP contribution in [-0.4, -0.2) is 15.6 Å². The van der Waals surface area contributed by atoms with Crippen molar-refractivity contribution in [3.05, 3.63) is 29.6 Å². The summed E-state index contributed by atoms with van der Waals surface area (Å²) >= 11 is 0. The van der Waals surface area contributed by atoms with Gasteiger partial charge in [0.25, 0.3) is 0 Å². The van der Waals surface area contributed by atoms with Crippen LogP contribution in [0.5, 0.6) is 0 Å². The van der Waals surface area contributed by atoms with E-state index in [1.54, 1.807) is 0 Å². The van der Waals surface area contributed by atoms with E-state index in [9.17, 15) is 0 Å². The quantitative estimate of drug-likeness (QED) is 0.893. The first-order valence-corrected chi connectivity index (χ1v) is 7.15. The van der Waals surface area contributed by atoms with Crippen LogP contribution in [-0.2, 0) is 20.0 Å². The topological polar surface area (TPSA) is 29.9 Å². The van der Waals surface area contributed by atoms with Gasteiger partial charge >= 0.3 is 0 Å². The Morgan fingerprint density at radius 1 is 1.21 bits per heavy atom. The fourth-order valence-electron chi connectivity index (χ4n) is 2.26. The molecule has 1 heterocycles.